The zero-order valence-electron chi connectivity index (χ0n) is 30.0. The maximum absolute atomic E-state index is 15.1. The van der Waals surface area contributed by atoms with Crippen LogP contribution in [0.15, 0.2) is 79.9 Å². The van der Waals surface area contributed by atoms with Gasteiger partial charge in [0.2, 0.25) is 17.7 Å². The fourth-order valence-corrected chi connectivity index (χ4v) is 11.1. The summed E-state index contributed by atoms with van der Waals surface area (Å²) in [5.41, 5.74) is 1.66. The fourth-order valence-electron chi connectivity index (χ4n) is 8.77. The second-order valence-electron chi connectivity index (χ2n) is 14.2. The first-order valence-electron chi connectivity index (χ1n) is 18.2. The standard InChI is InChI=1S/C40H52N4O6S/c1-5-19-42(22-21-41-23-25-49-26-24-41)38(48)35-40-18-17-39(4,51-40)33(36(46)43(20-6-2)30-13-15-32(16-14-30)50-7-3)34(40)37(47)44(35)31(28-45)27-29-11-9-8-10-12-29/h5-6,8-16,31,33-35,45H,1-2,7,17-28H2,3-4H3/t31-,33+,34+,35?,39-,40?/m1/s1. The highest BCUT2D eigenvalue weighted by molar-refractivity contribution is 8.02. The predicted molar refractivity (Wildman–Crippen MR) is 201 cm³/mol. The zero-order chi connectivity index (χ0) is 36.2. The molecule has 6 atom stereocenters. The Morgan fingerprint density at radius 3 is 2.41 bits per heavy atom. The minimum Gasteiger partial charge on any atom is -0.494 e. The second-order valence-corrected chi connectivity index (χ2v) is 16.1. The van der Waals surface area contributed by atoms with Gasteiger partial charge in [-0.1, -0.05) is 42.5 Å². The molecule has 11 heteroatoms. The van der Waals surface area contributed by atoms with Gasteiger partial charge < -0.3 is 29.3 Å². The summed E-state index contributed by atoms with van der Waals surface area (Å²) in [4.78, 5) is 52.7. The van der Waals surface area contributed by atoms with Gasteiger partial charge in [0.05, 0.1) is 49.1 Å². The van der Waals surface area contributed by atoms with Crippen LogP contribution in [0.2, 0.25) is 0 Å². The van der Waals surface area contributed by atoms with E-state index in [2.05, 4.69) is 25.0 Å². The minimum absolute atomic E-state index is 0.148. The number of ether oxygens (including phenoxy) is 2. The Morgan fingerprint density at radius 1 is 1.06 bits per heavy atom. The number of aliphatic hydroxyl groups excluding tert-OH is 1. The summed E-state index contributed by atoms with van der Waals surface area (Å²) in [5.74, 6) is -1.22. The largest absolute Gasteiger partial charge is 0.494 e. The molecular weight excluding hydrogens is 665 g/mol. The van der Waals surface area contributed by atoms with Gasteiger partial charge in [-0.3, -0.25) is 19.3 Å². The van der Waals surface area contributed by atoms with Gasteiger partial charge in [0.15, 0.2) is 0 Å². The Labute approximate surface area is 306 Å². The second kappa shape index (κ2) is 15.9. The number of likely N-dealkylation sites (tertiary alicyclic amines) is 1. The van der Waals surface area contributed by atoms with Crippen LogP contribution in [-0.4, -0.2) is 125 Å². The van der Waals surface area contributed by atoms with Crippen molar-refractivity contribution in [2.24, 2.45) is 11.8 Å². The molecule has 2 aromatic rings. The van der Waals surface area contributed by atoms with E-state index in [1.165, 1.54) is 0 Å². The lowest BCUT2D eigenvalue weighted by Crippen LogP contribution is -2.58. The summed E-state index contributed by atoms with van der Waals surface area (Å²) in [6, 6.07) is 15.7. The smallest absolute Gasteiger partial charge is 0.247 e. The maximum Gasteiger partial charge on any atom is 0.247 e. The summed E-state index contributed by atoms with van der Waals surface area (Å²) >= 11 is 1.65. The van der Waals surface area contributed by atoms with Crippen molar-refractivity contribution in [2.45, 2.75) is 54.7 Å². The SMILES string of the molecule is C=CCN(CCN1CCOCC1)C(=O)C1N([C@@H](CO)Cc2ccccc2)C(=O)[C@@H]2[C@@H](C(=O)N(CC=C)c3ccc(OCC)cc3)[C@@]3(C)CCC12S3. The van der Waals surface area contributed by atoms with Crippen molar-refractivity contribution in [3.63, 3.8) is 0 Å². The van der Waals surface area contributed by atoms with Crippen molar-refractivity contribution in [2.75, 3.05) is 70.6 Å². The summed E-state index contributed by atoms with van der Waals surface area (Å²) in [6.45, 7) is 16.8. The maximum atomic E-state index is 15.1. The van der Waals surface area contributed by atoms with Gasteiger partial charge in [-0.05, 0) is 62.9 Å². The van der Waals surface area contributed by atoms with E-state index in [0.717, 1.165) is 18.7 Å². The third kappa shape index (κ3) is 7.10. The molecule has 4 saturated heterocycles. The number of fused-ring (bicyclic) bond motifs is 1. The van der Waals surface area contributed by atoms with Crippen LogP contribution in [-0.2, 0) is 25.5 Å². The van der Waals surface area contributed by atoms with Crippen molar-refractivity contribution in [3.8, 4) is 5.75 Å². The van der Waals surface area contributed by atoms with Crippen LogP contribution >= 0.6 is 11.8 Å². The molecule has 3 amide bonds. The predicted octanol–water partition coefficient (Wildman–Crippen LogP) is 4.04. The third-order valence-electron chi connectivity index (χ3n) is 11.1. The summed E-state index contributed by atoms with van der Waals surface area (Å²) < 4.78 is 9.80. The first-order chi connectivity index (χ1) is 24.7. The highest BCUT2D eigenvalue weighted by Crippen LogP contribution is 2.72. The Morgan fingerprint density at radius 2 is 1.76 bits per heavy atom. The first-order valence-corrected chi connectivity index (χ1v) is 19.0. The molecule has 6 rings (SSSR count). The van der Waals surface area contributed by atoms with Gasteiger partial charge in [0, 0.05) is 49.7 Å². The summed E-state index contributed by atoms with van der Waals surface area (Å²) in [7, 11) is 0. The number of hydrogen-bond donors (Lipinski definition) is 1. The van der Waals surface area contributed by atoms with E-state index in [1.54, 1.807) is 33.7 Å². The molecule has 0 saturated carbocycles. The Bertz CT molecular complexity index is 1570. The van der Waals surface area contributed by atoms with Gasteiger partial charge in [-0.15, -0.1) is 24.9 Å². The van der Waals surface area contributed by atoms with Crippen molar-refractivity contribution in [1.29, 1.82) is 0 Å². The molecular formula is C40H52N4O6S. The molecule has 2 unspecified atom stereocenters. The Balaban J connectivity index is 1.39. The molecule has 274 valence electrons. The first kappa shape index (κ1) is 37.1. The highest BCUT2D eigenvalue weighted by Gasteiger charge is 2.78. The van der Waals surface area contributed by atoms with Crippen LogP contribution in [0.5, 0.6) is 5.75 Å². The van der Waals surface area contributed by atoms with Crippen LogP contribution in [0.3, 0.4) is 0 Å². The molecule has 51 heavy (non-hydrogen) atoms. The van der Waals surface area contributed by atoms with Crippen LogP contribution in [0.25, 0.3) is 0 Å². The van der Waals surface area contributed by atoms with Crippen molar-refractivity contribution < 1.29 is 29.0 Å². The number of morpholine rings is 1. The van der Waals surface area contributed by atoms with Crippen molar-refractivity contribution >= 4 is 35.2 Å². The van der Waals surface area contributed by atoms with Gasteiger partial charge in [-0.2, -0.15) is 0 Å². The molecule has 10 nitrogen and oxygen atoms in total. The van der Waals surface area contributed by atoms with Gasteiger partial charge in [-0.25, -0.2) is 0 Å². The number of hydrogen-bond acceptors (Lipinski definition) is 8. The summed E-state index contributed by atoms with van der Waals surface area (Å²) in [5, 5.41) is 10.9. The molecule has 4 aliphatic heterocycles. The normalized spacial score (nSPS) is 27.5. The van der Waals surface area contributed by atoms with Crippen molar-refractivity contribution in [3.05, 3.63) is 85.5 Å². The van der Waals surface area contributed by atoms with E-state index < -0.39 is 33.4 Å². The van der Waals surface area contributed by atoms with E-state index >= 15 is 9.59 Å². The molecule has 0 aromatic heterocycles. The topological polar surface area (TPSA) is 103 Å². The number of aliphatic hydroxyl groups is 1. The Kier molecular flexibility index (Phi) is 11.6. The molecule has 4 fully saturated rings. The zero-order valence-corrected chi connectivity index (χ0v) is 30.8. The van der Waals surface area contributed by atoms with Crippen LogP contribution in [0.4, 0.5) is 5.69 Å². The van der Waals surface area contributed by atoms with E-state index in [1.807, 2.05) is 66.4 Å². The molecule has 2 aromatic carbocycles. The summed E-state index contributed by atoms with van der Waals surface area (Å²) in [6.07, 6.45) is 5.14. The minimum atomic E-state index is -0.844. The van der Waals surface area contributed by atoms with Crippen LogP contribution in [0, 0.1) is 11.8 Å². The molecule has 4 heterocycles. The molecule has 1 N–H and O–H groups in total. The van der Waals surface area contributed by atoms with Gasteiger partial charge in [0.1, 0.15) is 11.8 Å². The number of carbonyl (C=O) groups excluding carboxylic acids is 3. The monoisotopic (exact) mass is 716 g/mol. The lowest BCUT2D eigenvalue weighted by atomic mass is 9.66. The van der Waals surface area contributed by atoms with Gasteiger partial charge in [0.25, 0.3) is 0 Å². The quantitative estimate of drug-likeness (QED) is 0.260. The van der Waals surface area contributed by atoms with E-state index in [-0.39, 0.29) is 30.9 Å². The van der Waals surface area contributed by atoms with E-state index in [4.69, 9.17) is 9.47 Å². The molecule has 0 aliphatic carbocycles. The van der Waals surface area contributed by atoms with Crippen molar-refractivity contribution in [1.82, 2.24) is 14.7 Å². The number of benzene rings is 2. The number of anilines is 1. The average molecular weight is 717 g/mol. The van der Waals surface area contributed by atoms with Crippen LogP contribution < -0.4 is 9.64 Å². The molecule has 1 spiro atoms. The lowest BCUT2D eigenvalue weighted by molar-refractivity contribution is -0.146. The Hall–Kier alpha value is -3.64. The van der Waals surface area contributed by atoms with Crippen LogP contribution in [0.1, 0.15) is 32.3 Å². The van der Waals surface area contributed by atoms with E-state index in [0.29, 0.717) is 70.2 Å². The average Bonchev–Trinajstić information content (AvgIpc) is 3.72. The molecule has 0 radical (unpaired) electrons. The lowest BCUT2D eigenvalue weighted by Gasteiger charge is -2.40. The number of rotatable bonds is 16. The van der Waals surface area contributed by atoms with E-state index in [9.17, 15) is 9.90 Å². The number of amides is 3. The fraction of sp³-hybridized carbons (Fsp3) is 0.525. The molecule has 4 aliphatic rings. The number of nitrogens with zero attached hydrogens (tertiary/aromatic N) is 4. The van der Waals surface area contributed by atoms with Gasteiger partial charge >= 0.3 is 0 Å². The highest BCUT2D eigenvalue weighted by atomic mass is 32.2. The third-order valence-corrected chi connectivity index (χ3v) is 13.1. The molecule has 2 bridgehead atoms. The number of carbonyl (C=O) groups is 3. The number of thioether (sulfide) groups is 1.